The molecule has 1 aliphatic heterocycles. The fourth-order valence-electron chi connectivity index (χ4n) is 3.00. The molecule has 0 saturated carbocycles. The van der Waals surface area contributed by atoms with Gasteiger partial charge in [0.15, 0.2) is 0 Å². The van der Waals surface area contributed by atoms with Crippen molar-refractivity contribution in [2.75, 3.05) is 13.7 Å². The van der Waals surface area contributed by atoms with Gasteiger partial charge in [-0.25, -0.2) is 9.59 Å². The lowest BCUT2D eigenvalue weighted by atomic mass is 9.91. The Hall–Kier alpha value is -5.58. The van der Waals surface area contributed by atoms with Gasteiger partial charge in [-0.15, -0.1) is 0 Å². The van der Waals surface area contributed by atoms with Crippen LogP contribution in [0.5, 0.6) is 5.75 Å². The average Bonchev–Trinajstić information content (AvgIpc) is 2.86. The molecule has 0 radical (unpaired) electrons. The number of nitrogens with one attached hydrogen (secondary N) is 2. The smallest absolute Gasteiger partial charge is 0.337 e. The van der Waals surface area contributed by atoms with Crippen molar-refractivity contribution in [1.82, 2.24) is 10.6 Å². The van der Waals surface area contributed by atoms with Crippen molar-refractivity contribution in [2.45, 2.75) is 26.8 Å². The summed E-state index contributed by atoms with van der Waals surface area (Å²) in [5.41, 5.74) is 1.67. The molecule has 0 fully saturated rings. The molecule has 2 amide bonds. The first kappa shape index (κ1) is 26.7. The molecule has 1 atom stereocenters. The SMILES string of the molecule is CC#CC#CC#CC#CC#CC#CC#Cc1cccc(OCC)c1C1NC(=O)NC(C)=C1C(=O)OC.[HH].[HH].[HH].[HH].[HH].[HH].[HH].[HH].[HH].[HH].[HH]. The number of carbonyl (C=O) groups excluding carboxylic acids is 2. The van der Waals surface area contributed by atoms with E-state index in [0.29, 0.717) is 29.2 Å². The van der Waals surface area contributed by atoms with Crippen LogP contribution in [0.1, 0.15) is 53.6 Å². The molecule has 0 aliphatic carbocycles. The number of esters is 1. The molecule has 6 nitrogen and oxygen atoms in total. The fourth-order valence-corrected chi connectivity index (χ4v) is 3.00. The highest BCUT2D eigenvalue weighted by Gasteiger charge is 2.35. The second-order valence-electron chi connectivity index (χ2n) is 6.59. The molecule has 0 aromatic heterocycles. The molecule has 2 N–H and O–H groups in total. The summed E-state index contributed by atoms with van der Waals surface area (Å²) in [7, 11) is 1.27. The van der Waals surface area contributed by atoms with Gasteiger partial charge in [-0.05, 0) is 104 Å². The lowest BCUT2D eigenvalue weighted by Gasteiger charge is -2.29. The van der Waals surface area contributed by atoms with E-state index >= 15 is 0 Å². The van der Waals surface area contributed by atoms with Crippen molar-refractivity contribution in [1.29, 1.82) is 0 Å². The molecule has 1 aromatic rings. The number of ether oxygens (including phenoxy) is 2. The van der Waals surface area contributed by atoms with E-state index in [1.807, 2.05) is 6.92 Å². The van der Waals surface area contributed by atoms with Crippen LogP contribution in [0.2, 0.25) is 0 Å². The molecular formula is C30H42N2O4. The van der Waals surface area contributed by atoms with Crippen molar-refractivity contribution in [2.24, 2.45) is 0 Å². The van der Waals surface area contributed by atoms with Crippen LogP contribution in [-0.4, -0.2) is 25.7 Å². The molecule has 2 rings (SSSR count). The quantitative estimate of drug-likeness (QED) is 0.457. The normalized spacial score (nSPS) is 12.3. The maximum Gasteiger partial charge on any atom is 0.337 e. The fraction of sp³-hybridized carbons (Fsp3) is 0.200. The Labute approximate surface area is 227 Å². The zero-order valence-electron chi connectivity index (χ0n) is 20.1. The Morgan fingerprint density at radius 3 is 2.11 bits per heavy atom. The minimum absolute atomic E-state index is 0. The predicted molar refractivity (Wildman–Crippen MR) is 159 cm³/mol. The summed E-state index contributed by atoms with van der Waals surface area (Å²) in [6.45, 7) is 5.52. The molecular weight excluding hydrogens is 452 g/mol. The molecule has 0 saturated heterocycles. The number of methoxy groups -OCH3 is 1. The van der Waals surface area contributed by atoms with E-state index in [2.05, 4.69) is 93.5 Å². The Morgan fingerprint density at radius 2 is 1.56 bits per heavy atom. The maximum absolute atomic E-state index is 12.5. The third-order valence-corrected chi connectivity index (χ3v) is 4.34. The highest BCUT2D eigenvalue weighted by molar-refractivity contribution is 5.95. The summed E-state index contributed by atoms with van der Waals surface area (Å²) >= 11 is 0. The van der Waals surface area contributed by atoms with Gasteiger partial charge < -0.3 is 20.1 Å². The van der Waals surface area contributed by atoms with E-state index in [-0.39, 0.29) is 21.3 Å². The Morgan fingerprint density at radius 1 is 0.972 bits per heavy atom. The van der Waals surface area contributed by atoms with Crippen LogP contribution in [0, 0.1) is 82.9 Å². The summed E-state index contributed by atoms with van der Waals surface area (Å²) in [5, 5.41) is 5.35. The van der Waals surface area contributed by atoms with Crippen LogP contribution in [0.3, 0.4) is 0 Å². The summed E-state index contributed by atoms with van der Waals surface area (Å²) in [6.07, 6.45) is 0. The molecule has 1 aromatic carbocycles. The van der Waals surface area contributed by atoms with Crippen LogP contribution < -0.4 is 15.4 Å². The van der Waals surface area contributed by atoms with Crippen LogP contribution in [0.15, 0.2) is 29.5 Å². The number of rotatable bonds is 4. The summed E-state index contributed by atoms with van der Waals surface area (Å²) in [5.74, 6) is 36.3. The van der Waals surface area contributed by atoms with E-state index in [1.54, 1.807) is 32.0 Å². The standard InChI is InChI=1S/C30H20N2O4.11H2/c1-5-7-8-9-10-11-12-13-14-15-16-17-18-20-24-21-19-22-25(36-6-2)27(24)28-26(29(33)35-4)23(3)31-30(34)32-28;;;;;;;;;;;/h19,21-22,28H,6H2,1-4H3,(H2,31,32,34);11*1H. The monoisotopic (exact) mass is 494 g/mol. The first-order chi connectivity index (χ1) is 17.5. The summed E-state index contributed by atoms with van der Waals surface area (Å²) in [4.78, 5) is 24.7. The molecule has 1 heterocycles. The van der Waals surface area contributed by atoms with E-state index < -0.39 is 18.0 Å². The van der Waals surface area contributed by atoms with Crippen molar-refractivity contribution < 1.29 is 34.8 Å². The number of amides is 2. The number of hydrogen-bond donors (Lipinski definition) is 2. The minimum atomic E-state index is -0.832. The van der Waals surface area contributed by atoms with Gasteiger partial charge in [-0.1, -0.05) is 17.9 Å². The van der Waals surface area contributed by atoms with Crippen molar-refractivity contribution in [3.63, 3.8) is 0 Å². The lowest BCUT2D eigenvalue weighted by molar-refractivity contribution is -0.136. The van der Waals surface area contributed by atoms with E-state index in [1.165, 1.54) is 7.11 Å². The highest BCUT2D eigenvalue weighted by Crippen LogP contribution is 2.35. The zero-order valence-corrected chi connectivity index (χ0v) is 20.1. The van der Waals surface area contributed by atoms with Gasteiger partial charge in [0.2, 0.25) is 0 Å². The number of urea groups is 1. The maximum atomic E-state index is 12.5. The number of allylic oxidation sites excluding steroid dienone is 1. The van der Waals surface area contributed by atoms with Crippen molar-refractivity contribution in [3.8, 4) is 88.6 Å². The summed E-state index contributed by atoms with van der Waals surface area (Å²) in [6, 6.07) is 3.96. The molecule has 1 unspecified atom stereocenters. The largest absolute Gasteiger partial charge is 0.493 e. The second-order valence-corrected chi connectivity index (χ2v) is 6.59. The molecule has 0 spiro atoms. The van der Waals surface area contributed by atoms with Crippen molar-refractivity contribution >= 4 is 12.0 Å². The molecule has 6 heteroatoms. The van der Waals surface area contributed by atoms with E-state index in [4.69, 9.17) is 9.47 Å². The number of carbonyl (C=O) groups is 2. The van der Waals surface area contributed by atoms with Crippen LogP contribution in [-0.2, 0) is 9.53 Å². The third kappa shape index (κ3) is 7.78. The first-order valence-electron chi connectivity index (χ1n) is 10.6. The summed E-state index contributed by atoms with van der Waals surface area (Å²) < 4.78 is 10.7. The van der Waals surface area contributed by atoms with Gasteiger partial charge in [-0.2, -0.15) is 0 Å². The van der Waals surface area contributed by atoms with Gasteiger partial charge in [0.05, 0.1) is 25.3 Å². The predicted octanol–water partition coefficient (Wildman–Crippen LogP) is 4.98. The molecule has 0 bridgehead atoms. The Balaban J connectivity index is -0.000000156. The number of benzene rings is 1. The van der Waals surface area contributed by atoms with Gasteiger partial charge in [0.25, 0.3) is 0 Å². The topological polar surface area (TPSA) is 76.7 Å². The second kappa shape index (κ2) is 14.5. The minimum Gasteiger partial charge on any atom is -0.493 e. The Kier molecular flexibility index (Phi) is 10.8. The van der Waals surface area contributed by atoms with Crippen LogP contribution in [0.4, 0.5) is 4.79 Å². The Bertz CT molecular complexity index is 1570. The van der Waals surface area contributed by atoms with E-state index in [0.717, 1.165) is 0 Å². The van der Waals surface area contributed by atoms with Crippen LogP contribution >= 0.6 is 0 Å². The van der Waals surface area contributed by atoms with Gasteiger partial charge in [-0.3, -0.25) is 0 Å². The number of hydrogen-bond acceptors (Lipinski definition) is 4. The first-order valence-corrected chi connectivity index (χ1v) is 10.6. The van der Waals surface area contributed by atoms with Crippen molar-refractivity contribution in [3.05, 3.63) is 40.6 Å². The molecule has 196 valence electrons. The van der Waals surface area contributed by atoms with Gasteiger partial charge in [0, 0.05) is 32.5 Å². The van der Waals surface area contributed by atoms with E-state index in [9.17, 15) is 9.59 Å². The highest BCUT2D eigenvalue weighted by atomic mass is 16.5. The lowest BCUT2D eigenvalue weighted by Crippen LogP contribution is -2.45. The molecule has 1 aliphatic rings. The average molecular weight is 495 g/mol. The third-order valence-electron chi connectivity index (χ3n) is 4.34. The van der Waals surface area contributed by atoms with Gasteiger partial charge in [0.1, 0.15) is 5.75 Å². The van der Waals surface area contributed by atoms with Crippen LogP contribution in [0.25, 0.3) is 0 Å². The molecule has 36 heavy (non-hydrogen) atoms. The van der Waals surface area contributed by atoms with Gasteiger partial charge >= 0.3 is 12.0 Å². The zero-order chi connectivity index (χ0) is 26.2.